The first-order chi connectivity index (χ1) is 10.8. The summed E-state index contributed by atoms with van der Waals surface area (Å²) in [6, 6.07) is 19.0. The molecule has 1 heterocycles. The predicted octanol–water partition coefficient (Wildman–Crippen LogP) is 3.74. The molecule has 0 aliphatic rings. The molecule has 1 atom stereocenters. The third-order valence-electron chi connectivity index (χ3n) is 4.18. The minimum Gasteiger partial charge on any atom is -0.327 e. The van der Waals surface area contributed by atoms with Gasteiger partial charge in [0, 0.05) is 19.6 Å². The van der Waals surface area contributed by atoms with Crippen LogP contribution in [0.15, 0.2) is 54.6 Å². The summed E-state index contributed by atoms with van der Waals surface area (Å²) in [6.45, 7) is 7.24. The second kappa shape index (κ2) is 6.75. The van der Waals surface area contributed by atoms with E-state index < -0.39 is 0 Å². The highest BCUT2D eigenvalue weighted by atomic mass is 15.1. The number of imidazole rings is 1. The Morgan fingerprint density at radius 1 is 1.05 bits per heavy atom. The molecule has 3 rings (SSSR count). The SMILES string of the molecule is Cc1nc2ccccc2n1CCNCC(C)c1ccccc1. The molecule has 0 aliphatic carbocycles. The maximum Gasteiger partial charge on any atom is 0.106 e. The van der Waals surface area contributed by atoms with Gasteiger partial charge in [-0.05, 0) is 30.5 Å². The van der Waals surface area contributed by atoms with Crippen LogP contribution in [0.3, 0.4) is 0 Å². The molecule has 0 saturated heterocycles. The topological polar surface area (TPSA) is 29.9 Å². The highest BCUT2D eigenvalue weighted by Gasteiger charge is 2.07. The molecule has 0 fully saturated rings. The molecule has 114 valence electrons. The van der Waals surface area contributed by atoms with E-state index in [2.05, 4.69) is 77.2 Å². The number of para-hydroxylation sites is 2. The van der Waals surface area contributed by atoms with Gasteiger partial charge in [0.15, 0.2) is 0 Å². The molecule has 1 unspecified atom stereocenters. The van der Waals surface area contributed by atoms with Gasteiger partial charge < -0.3 is 9.88 Å². The molecule has 2 aromatic carbocycles. The van der Waals surface area contributed by atoms with Crippen LogP contribution < -0.4 is 5.32 Å². The lowest BCUT2D eigenvalue weighted by molar-refractivity contribution is 0.565. The van der Waals surface area contributed by atoms with Gasteiger partial charge in [-0.3, -0.25) is 0 Å². The first kappa shape index (κ1) is 14.8. The number of fused-ring (bicyclic) bond motifs is 1. The summed E-state index contributed by atoms with van der Waals surface area (Å²) < 4.78 is 2.29. The van der Waals surface area contributed by atoms with Crippen LogP contribution in [0, 0.1) is 6.92 Å². The first-order valence-corrected chi connectivity index (χ1v) is 7.93. The molecule has 0 amide bonds. The summed E-state index contributed by atoms with van der Waals surface area (Å²) in [5.74, 6) is 1.61. The minimum atomic E-state index is 0.529. The molecule has 0 bridgehead atoms. The largest absolute Gasteiger partial charge is 0.327 e. The zero-order valence-electron chi connectivity index (χ0n) is 13.3. The van der Waals surface area contributed by atoms with Crippen LogP contribution in [-0.2, 0) is 6.54 Å². The van der Waals surface area contributed by atoms with Crippen LogP contribution in [0.2, 0.25) is 0 Å². The van der Waals surface area contributed by atoms with Crippen LogP contribution >= 0.6 is 0 Å². The van der Waals surface area contributed by atoms with E-state index in [9.17, 15) is 0 Å². The van der Waals surface area contributed by atoms with Gasteiger partial charge in [0.05, 0.1) is 11.0 Å². The quantitative estimate of drug-likeness (QED) is 0.702. The molecular weight excluding hydrogens is 270 g/mol. The van der Waals surface area contributed by atoms with Crippen LogP contribution in [0.1, 0.15) is 24.2 Å². The van der Waals surface area contributed by atoms with E-state index in [0.717, 1.165) is 31.0 Å². The Balaban J connectivity index is 1.56. The van der Waals surface area contributed by atoms with Gasteiger partial charge in [0.25, 0.3) is 0 Å². The highest BCUT2D eigenvalue weighted by molar-refractivity contribution is 5.75. The van der Waals surface area contributed by atoms with Gasteiger partial charge in [-0.25, -0.2) is 4.98 Å². The van der Waals surface area contributed by atoms with Crippen molar-refractivity contribution in [1.29, 1.82) is 0 Å². The summed E-state index contributed by atoms with van der Waals surface area (Å²) in [7, 11) is 0. The van der Waals surface area contributed by atoms with Crippen LogP contribution in [0.4, 0.5) is 0 Å². The Morgan fingerprint density at radius 2 is 1.77 bits per heavy atom. The number of aryl methyl sites for hydroxylation is 1. The molecule has 3 aromatic rings. The maximum atomic E-state index is 4.61. The van der Waals surface area contributed by atoms with Gasteiger partial charge >= 0.3 is 0 Å². The number of rotatable bonds is 6. The second-order valence-corrected chi connectivity index (χ2v) is 5.82. The van der Waals surface area contributed by atoms with Crippen LogP contribution in [0.25, 0.3) is 11.0 Å². The number of nitrogens with zero attached hydrogens (tertiary/aromatic N) is 2. The summed E-state index contributed by atoms with van der Waals surface area (Å²) in [5, 5.41) is 3.57. The lowest BCUT2D eigenvalue weighted by Crippen LogP contribution is -2.24. The number of nitrogens with one attached hydrogen (secondary N) is 1. The van der Waals surface area contributed by atoms with E-state index in [1.165, 1.54) is 11.1 Å². The molecule has 0 radical (unpaired) electrons. The Hall–Kier alpha value is -2.13. The van der Waals surface area contributed by atoms with Gasteiger partial charge in [-0.15, -0.1) is 0 Å². The summed E-state index contributed by atoms with van der Waals surface area (Å²) in [4.78, 5) is 4.61. The van der Waals surface area contributed by atoms with Crippen molar-refractivity contribution in [3.63, 3.8) is 0 Å². The van der Waals surface area contributed by atoms with E-state index in [-0.39, 0.29) is 0 Å². The third kappa shape index (κ3) is 3.20. The Bertz CT molecular complexity index is 731. The zero-order chi connectivity index (χ0) is 15.4. The van der Waals surface area contributed by atoms with E-state index in [1.807, 2.05) is 6.07 Å². The van der Waals surface area contributed by atoms with E-state index in [1.54, 1.807) is 0 Å². The fourth-order valence-electron chi connectivity index (χ4n) is 2.89. The molecule has 3 nitrogen and oxygen atoms in total. The lowest BCUT2D eigenvalue weighted by Gasteiger charge is -2.14. The lowest BCUT2D eigenvalue weighted by atomic mass is 10.0. The smallest absolute Gasteiger partial charge is 0.106 e. The highest BCUT2D eigenvalue weighted by Crippen LogP contribution is 2.15. The summed E-state index contributed by atoms with van der Waals surface area (Å²) in [5.41, 5.74) is 3.69. The monoisotopic (exact) mass is 293 g/mol. The van der Waals surface area contributed by atoms with Crippen molar-refractivity contribution in [3.05, 3.63) is 66.0 Å². The minimum absolute atomic E-state index is 0.529. The van der Waals surface area contributed by atoms with Gasteiger partial charge in [0.2, 0.25) is 0 Å². The fraction of sp³-hybridized carbons (Fsp3) is 0.316. The molecule has 1 N–H and O–H groups in total. The molecule has 1 aromatic heterocycles. The van der Waals surface area contributed by atoms with Crippen molar-refractivity contribution in [3.8, 4) is 0 Å². The molecule has 0 spiro atoms. The number of aromatic nitrogens is 2. The zero-order valence-corrected chi connectivity index (χ0v) is 13.3. The number of benzene rings is 2. The normalized spacial score (nSPS) is 12.6. The van der Waals surface area contributed by atoms with Crippen molar-refractivity contribution in [2.24, 2.45) is 0 Å². The predicted molar refractivity (Wildman–Crippen MR) is 92.2 cm³/mol. The van der Waals surface area contributed by atoms with Crippen molar-refractivity contribution in [2.45, 2.75) is 26.3 Å². The Kier molecular flexibility index (Phi) is 4.54. The summed E-state index contributed by atoms with van der Waals surface area (Å²) >= 11 is 0. The number of hydrogen-bond acceptors (Lipinski definition) is 2. The average Bonchev–Trinajstić information content (AvgIpc) is 2.88. The van der Waals surface area contributed by atoms with E-state index >= 15 is 0 Å². The summed E-state index contributed by atoms with van der Waals surface area (Å²) in [6.07, 6.45) is 0. The van der Waals surface area contributed by atoms with Gasteiger partial charge in [0.1, 0.15) is 5.82 Å². The fourth-order valence-corrected chi connectivity index (χ4v) is 2.89. The van der Waals surface area contributed by atoms with Crippen LogP contribution in [0.5, 0.6) is 0 Å². The third-order valence-corrected chi connectivity index (χ3v) is 4.18. The molecule has 3 heteroatoms. The van der Waals surface area contributed by atoms with Crippen molar-refractivity contribution < 1.29 is 0 Å². The Morgan fingerprint density at radius 3 is 2.59 bits per heavy atom. The first-order valence-electron chi connectivity index (χ1n) is 7.93. The molecule has 22 heavy (non-hydrogen) atoms. The Labute approximate surface area is 132 Å². The maximum absolute atomic E-state index is 4.61. The average molecular weight is 293 g/mol. The van der Waals surface area contributed by atoms with Crippen molar-refractivity contribution in [2.75, 3.05) is 13.1 Å². The van der Waals surface area contributed by atoms with Crippen molar-refractivity contribution >= 4 is 11.0 Å². The standard InChI is InChI=1S/C19H23N3/c1-15(17-8-4-3-5-9-17)14-20-12-13-22-16(2)21-18-10-6-7-11-19(18)22/h3-11,15,20H,12-14H2,1-2H3. The van der Waals surface area contributed by atoms with E-state index in [4.69, 9.17) is 0 Å². The van der Waals surface area contributed by atoms with Crippen molar-refractivity contribution in [1.82, 2.24) is 14.9 Å². The molecule has 0 saturated carbocycles. The number of hydrogen-bond donors (Lipinski definition) is 1. The second-order valence-electron chi connectivity index (χ2n) is 5.82. The van der Waals surface area contributed by atoms with E-state index in [0.29, 0.717) is 5.92 Å². The van der Waals surface area contributed by atoms with Gasteiger partial charge in [-0.1, -0.05) is 49.4 Å². The van der Waals surface area contributed by atoms with Crippen LogP contribution in [-0.4, -0.2) is 22.6 Å². The molecular formula is C19H23N3. The van der Waals surface area contributed by atoms with Gasteiger partial charge in [-0.2, -0.15) is 0 Å². The molecule has 0 aliphatic heterocycles.